The number of aryl methyl sites for hydroxylation is 1. The third kappa shape index (κ3) is 5.35. The second-order valence-electron chi connectivity index (χ2n) is 7.76. The number of para-hydroxylation sites is 1. The third-order valence-electron chi connectivity index (χ3n) is 5.32. The molecule has 0 fully saturated rings. The minimum absolute atomic E-state index is 0.127. The van der Waals surface area contributed by atoms with Crippen molar-refractivity contribution in [2.45, 2.75) is 24.2 Å². The van der Waals surface area contributed by atoms with E-state index in [-0.39, 0.29) is 12.3 Å². The van der Waals surface area contributed by atoms with Crippen LogP contribution in [-0.2, 0) is 30.3 Å². The number of nitrogens with one attached hydrogen (secondary N) is 1. The van der Waals surface area contributed by atoms with Crippen molar-refractivity contribution in [2.75, 3.05) is 20.0 Å². The zero-order valence-corrected chi connectivity index (χ0v) is 20.4. The Morgan fingerprint density at radius 3 is 2.44 bits per heavy atom. The largest absolute Gasteiger partial charge is 0.497 e. The van der Waals surface area contributed by atoms with Gasteiger partial charge >= 0.3 is 0 Å². The molecule has 0 aliphatic carbocycles. The van der Waals surface area contributed by atoms with Crippen molar-refractivity contribution in [2.24, 2.45) is 0 Å². The van der Waals surface area contributed by atoms with E-state index in [9.17, 15) is 18.0 Å². The Balaban J connectivity index is 1.65. The predicted molar refractivity (Wildman–Crippen MR) is 131 cm³/mol. The molecule has 178 valence electrons. The van der Waals surface area contributed by atoms with Gasteiger partial charge in [-0.05, 0) is 55.2 Å². The van der Waals surface area contributed by atoms with E-state index in [1.54, 1.807) is 23.8 Å². The first-order valence-corrected chi connectivity index (χ1v) is 13.3. The quantitative estimate of drug-likeness (QED) is 0.258. The summed E-state index contributed by atoms with van der Waals surface area (Å²) in [6.45, 7) is 0.127. The normalized spacial score (nSPS) is 14.2. The van der Waals surface area contributed by atoms with E-state index in [4.69, 9.17) is 8.92 Å². The number of ether oxygens (including phenoxy) is 1. The number of carbonyl (C=O) groups is 2. The van der Waals surface area contributed by atoms with Crippen molar-refractivity contribution >= 4 is 50.3 Å². The van der Waals surface area contributed by atoms with Gasteiger partial charge in [0.1, 0.15) is 16.4 Å². The first kappa shape index (κ1) is 24.1. The average molecular weight is 501 g/mol. The highest BCUT2D eigenvalue weighted by Crippen LogP contribution is 2.37. The number of fused-ring (bicyclic) bond motifs is 1. The summed E-state index contributed by atoms with van der Waals surface area (Å²) in [6, 6.07) is 15.0. The average Bonchev–Trinajstić information content (AvgIpc) is 3.29. The smallest absolute Gasteiger partial charge is 0.276 e. The molecule has 0 saturated carbocycles. The molecule has 0 spiro atoms. The van der Waals surface area contributed by atoms with Gasteiger partial charge in [-0.1, -0.05) is 30.0 Å². The van der Waals surface area contributed by atoms with Crippen LogP contribution in [0, 0.1) is 0 Å². The summed E-state index contributed by atoms with van der Waals surface area (Å²) in [6.07, 6.45) is 4.87. The molecule has 0 radical (unpaired) electrons. The number of hydrogen-bond acceptors (Lipinski definition) is 7. The van der Waals surface area contributed by atoms with Gasteiger partial charge in [0, 0.05) is 16.5 Å². The Kier molecular flexibility index (Phi) is 7.11. The number of rotatable bonds is 10. The number of hydrogen-bond donors (Lipinski definition) is 1. The Hall–Kier alpha value is -3.08. The maximum absolute atomic E-state index is 12.8. The molecule has 0 atom stereocenters. The number of benzene rings is 2. The Morgan fingerprint density at radius 1 is 1.00 bits per heavy atom. The molecular formula is C24H24N2O6S2. The van der Waals surface area contributed by atoms with E-state index in [0.29, 0.717) is 29.9 Å². The van der Waals surface area contributed by atoms with Crippen molar-refractivity contribution in [3.63, 3.8) is 0 Å². The molecule has 1 N–H and O–H groups in total. The van der Waals surface area contributed by atoms with Gasteiger partial charge in [0.05, 0.1) is 25.5 Å². The summed E-state index contributed by atoms with van der Waals surface area (Å²) in [4.78, 5) is 26.6. The second kappa shape index (κ2) is 10.0. The lowest BCUT2D eigenvalue weighted by Gasteiger charge is -2.07. The Morgan fingerprint density at radius 2 is 1.74 bits per heavy atom. The maximum atomic E-state index is 12.8. The fraction of sp³-hybridized carbons (Fsp3) is 0.250. The van der Waals surface area contributed by atoms with Crippen LogP contribution in [0.3, 0.4) is 0 Å². The van der Waals surface area contributed by atoms with E-state index < -0.39 is 21.9 Å². The molecule has 1 aliphatic heterocycles. The molecule has 1 aromatic heterocycles. The first-order chi connectivity index (χ1) is 16.3. The van der Waals surface area contributed by atoms with Crippen LogP contribution >= 0.6 is 11.8 Å². The number of nitrogens with zero attached hydrogens (tertiary/aromatic N) is 1. The highest BCUT2D eigenvalue weighted by atomic mass is 32.2. The van der Waals surface area contributed by atoms with Crippen molar-refractivity contribution in [1.82, 2.24) is 9.88 Å². The van der Waals surface area contributed by atoms with Crippen LogP contribution in [0.5, 0.6) is 5.75 Å². The van der Waals surface area contributed by atoms with Crippen LogP contribution in [0.4, 0.5) is 0 Å². The number of methoxy groups -OCH3 is 1. The second-order valence-corrected chi connectivity index (χ2v) is 10.5. The monoisotopic (exact) mass is 500 g/mol. The number of thioether (sulfide) groups is 1. The van der Waals surface area contributed by atoms with Gasteiger partial charge in [-0.3, -0.25) is 19.1 Å². The number of aromatic nitrogens is 1. The van der Waals surface area contributed by atoms with Crippen LogP contribution in [-0.4, -0.2) is 44.8 Å². The molecule has 10 heteroatoms. The number of carbonyl (C=O) groups excluding carboxylic acids is 2. The van der Waals surface area contributed by atoms with E-state index in [2.05, 4.69) is 5.32 Å². The fourth-order valence-electron chi connectivity index (χ4n) is 3.77. The standard InChI is InChI=1S/C24H24N2O6S2/c1-31-17-10-12-18(13-11-17)33-22-21(23(27)25-24(22)28)26-15-16(19-8-3-4-9-20(19)26)7-5-6-14-32-34(2,29)30/h3-4,8-13,15H,5-7,14H2,1-2H3,(H,25,27,28). The van der Waals surface area contributed by atoms with Crippen molar-refractivity contribution in [3.05, 3.63) is 65.2 Å². The van der Waals surface area contributed by atoms with Gasteiger partial charge in [0.15, 0.2) is 0 Å². The van der Waals surface area contributed by atoms with E-state index >= 15 is 0 Å². The molecule has 4 rings (SSSR count). The lowest BCUT2D eigenvalue weighted by atomic mass is 10.1. The minimum Gasteiger partial charge on any atom is -0.497 e. The zero-order chi connectivity index (χ0) is 24.3. The third-order valence-corrected chi connectivity index (χ3v) is 7.00. The molecule has 0 unspecified atom stereocenters. The van der Waals surface area contributed by atoms with Gasteiger partial charge in [-0.15, -0.1) is 0 Å². The first-order valence-electron chi connectivity index (χ1n) is 10.6. The summed E-state index contributed by atoms with van der Waals surface area (Å²) in [5.41, 5.74) is 2.11. The van der Waals surface area contributed by atoms with Gasteiger partial charge in [0.25, 0.3) is 21.9 Å². The zero-order valence-electron chi connectivity index (χ0n) is 18.7. The minimum atomic E-state index is -3.45. The number of imide groups is 1. The number of amides is 2. The molecule has 2 aromatic carbocycles. The lowest BCUT2D eigenvalue weighted by molar-refractivity contribution is -0.123. The number of unbranched alkanes of at least 4 members (excludes halogenated alkanes) is 1. The molecule has 8 nitrogen and oxygen atoms in total. The van der Waals surface area contributed by atoms with Gasteiger partial charge in [-0.2, -0.15) is 8.42 Å². The molecule has 2 heterocycles. The summed E-state index contributed by atoms with van der Waals surface area (Å²) in [5.74, 6) is -0.179. The molecular weight excluding hydrogens is 476 g/mol. The maximum Gasteiger partial charge on any atom is 0.276 e. The topological polar surface area (TPSA) is 104 Å². The Labute approximate surface area is 202 Å². The molecule has 2 amide bonds. The lowest BCUT2D eigenvalue weighted by Crippen LogP contribution is -2.23. The van der Waals surface area contributed by atoms with Crippen LogP contribution in [0.1, 0.15) is 18.4 Å². The van der Waals surface area contributed by atoms with Crippen molar-refractivity contribution < 1.29 is 26.9 Å². The summed E-state index contributed by atoms with van der Waals surface area (Å²) in [5, 5.41) is 3.39. The highest BCUT2D eigenvalue weighted by molar-refractivity contribution is 8.04. The molecule has 0 bridgehead atoms. The molecule has 0 saturated heterocycles. The van der Waals surface area contributed by atoms with Crippen LogP contribution in [0.25, 0.3) is 16.6 Å². The molecule has 1 aliphatic rings. The highest BCUT2D eigenvalue weighted by Gasteiger charge is 2.33. The van der Waals surface area contributed by atoms with E-state index in [1.807, 2.05) is 42.6 Å². The molecule has 34 heavy (non-hydrogen) atoms. The molecule has 3 aromatic rings. The Bertz CT molecular complexity index is 1370. The predicted octanol–water partition coefficient (Wildman–Crippen LogP) is 3.57. The van der Waals surface area contributed by atoms with Crippen molar-refractivity contribution in [3.8, 4) is 5.75 Å². The summed E-state index contributed by atoms with van der Waals surface area (Å²) >= 11 is 1.23. The SMILES string of the molecule is COc1ccc(SC2=C(n3cc(CCCCOS(C)(=O)=O)c4ccccc43)C(=O)NC2=O)cc1. The van der Waals surface area contributed by atoms with Crippen molar-refractivity contribution in [1.29, 1.82) is 0 Å². The van der Waals surface area contributed by atoms with Gasteiger partial charge in [0.2, 0.25) is 0 Å². The van der Waals surface area contributed by atoms with E-state index in [1.165, 1.54) is 11.8 Å². The van der Waals surface area contributed by atoms with Gasteiger partial charge < -0.3 is 9.30 Å². The van der Waals surface area contributed by atoms with Gasteiger partial charge in [-0.25, -0.2) is 0 Å². The fourth-order valence-corrected chi connectivity index (χ4v) is 5.13. The summed E-state index contributed by atoms with van der Waals surface area (Å²) in [7, 11) is -1.87. The van der Waals surface area contributed by atoms with Crippen LogP contribution in [0.2, 0.25) is 0 Å². The van der Waals surface area contributed by atoms with Crippen LogP contribution < -0.4 is 10.1 Å². The van der Waals surface area contributed by atoms with E-state index in [0.717, 1.165) is 27.6 Å². The van der Waals surface area contributed by atoms with Crippen LogP contribution in [0.15, 0.2) is 64.5 Å². The summed E-state index contributed by atoms with van der Waals surface area (Å²) < 4.78 is 34.0.